The van der Waals surface area contributed by atoms with Crippen LogP contribution in [-0.4, -0.2) is 38.3 Å². The van der Waals surface area contributed by atoms with Crippen LogP contribution in [0, 0.1) is 0 Å². The fourth-order valence-electron chi connectivity index (χ4n) is 3.61. The highest BCUT2D eigenvalue weighted by Gasteiger charge is 2.46. The second kappa shape index (κ2) is 8.79. The number of hydrogen-bond donors (Lipinski definition) is 1. The first-order chi connectivity index (χ1) is 15.1. The minimum absolute atomic E-state index is 0.0109. The van der Waals surface area contributed by atoms with Crippen LogP contribution >= 0.6 is 0 Å². The summed E-state index contributed by atoms with van der Waals surface area (Å²) in [6.07, 6.45) is 4.87. The monoisotopic (exact) mass is 415 g/mol. The van der Waals surface area contributed by atoms with Crippen LogP contribution in [0.25, 0.3) is 5.76 Å². The fourth-order valence-corrected chi connectivity index (χ4v) is 3.61. The van der Waals surface area contributed by atoms with Gasteiger partial charge in [0.15, 0.2) is 0 Å². The predicted molar refractivity (Wildman–Crippen MR) is 114 cm³/mol. The summed E-state index contributed by atoms with van der Waals surface area (Å²) in [4.78, 5) is 35.8. The molecule has 3 heterocycles. The van der Waals surface area contributed by atoms with Gasteiger partial charge in [0.1, 0.15) is 17.6 Å². The predicted octanol–water partition coefficient (Wildman–Crippen LogP) is 3.50. The summed E-state index contributed by atoms with van der Waals surface area (Å²) in [6, 6.07) is 14.8. The van der Waals surface area contributed by atoms with E-state index < -0.39 is 17.7 Å². The molecule has 156 valence electrons. The Morgan fingerprint density at radius 2 is 1.87 bits per heavy atom. The average molecular weight is 415 g/mol. The third kappa shape index (κ3) is 4.02. The molecule has 0 bridgehead atoms. The average Bonchev–Trinajstić information content (AvgIpc) is 3.05. The van der Waals surface area contributed by atoms with E-state index in [1.165, 1.54) is 4.90 Å². The van der Waals surface area contributed by atoms with Crippen molar-refractivity contribution in [2.45, 2.75) is 19.5 Å². The fraction of sp³-hybridized carbons (Fsp3) is 0.167. The Labute approximate surface area is 179 Å². The number of pyridine rings is 2. The normalized spacial score (nSPS) is 17.7. The Hall–Kier alpha value is -4.00. The summed E-state index contributed by atoms with van der Waals surface area (Å²) in [5, 5.41) is 11.0. The molecule has 0 aliphatic carbocycles. The molecule has 1 atom stereocenters. The van der Waals surface area contributed by atoms with Gasteiger partial charge < -0.3 is 14.7 Å². The Bertz CT molecular complexity index is 1110. The summed E-state index contributed by atoms with van der Waals surface area (Å²) in [6.45, 7) is 2.56. The number of ether oxygens (including phenoxy) is 1. The van der Waals surface area contributed by atoms with Crippen LogP contribution in [0.5, 0.6) is 5.75 Å². The topological polar surface area (TPSA) is 92.6 Å². The first-order valence-electron chi connectivity index (χ1n) is 9.91. The summed E-state index contributed by atoms with van der Waals surface area (Å²) >= 11 is 0. The number of rotatable bonds is 6. The van der Waals surface area contributed by atoms with Gasteiger partial charge >= 0.3 is 0 Å². The molecule has 1 aliphatic heterocycles. The smallest absolute Gasteiger partial charge is 0.296 e. The van der Waals surface area contributed by atoms with Gasteiger partial charge in [0.2, 0.25) is 0 Å². The second-order valence-corrected chi connectivity index (χ2v) is 7.00. The Morgan fingerprint density at radius 1 is 1.06 bits per heavy atom. The number of hydrogen-bond acceptors (Lipinski definition) is 6. The SMILES string of the molecule is CCOc1ccc(C(O)=C2C(=O)C(=O)N(Cc3cccnc3)C2c2ccccn2)cc1. The first-order valence-corrected chi connectivity index (χ1v) is 9.91. The highest BCUT2D eigenvalue weighted by molar-refractivity contribution is 6.46. The molecule has 0 radical (unpaired) electrons. The van der Waals surface area contributed by atoms with Crippen molar-refractivity contribution in [3.63, 3.8) is 0 Å². The van der Waals surface area contributed by atoms with Crippen molar-refractivity contribution < 1.29 is 19.4 Å². The maximum atomic E-state index is 13.0. The van der Waals surface area contributed by atoms with E-state index in [4.69, 9.17) is 4.74 Å². The van der Waals surface area contributed by atoms with E-state index in [0.29, 0.717) is 23.6 Å². The number of likely N-dealkylation sites (tertiary alicyclic amines) is 1. The van der Waals surface area contributed by atoms with E-state index in [-0.39, 0.29) is 17.9 Å². The zero-order chi connectivity index (χ0) is 21.8. The lowest BCUT2D eigenvalue weighted by atomic mass is 9.98. The number of benzene rings is 1. The van der Waals surface area contributed by atoms with E-state index in [1.54, 1.807) is 67.1 Å². The van der Waals surface area contributed by atoms with Gasteiger partial charge in [0.25, 0.3) is 11.7 Å². The molecule has 7 heteroatoms. The molecule has 2 aromatic heterocycles. The molecule has 3 aromatic rings. The number of ketones is 1. The highest BCUT2D eigenvalue weighted by Crippen LogP contribution is 2.39. The van der Waals surface area contributed by atoms with Gasteiger partial charge in [-0.05, 0) is 55.0 Å². The molecule has 1 aliphatic rings. The molecule has 0 spiro atoms. The molecule has 31 heavy (non-hydrogen) atoms. The number of aromatic nitrogens is 2. The van der Waals surface area contributed by atoms with E-state index in [1.807, 2.05) is 13.0 Å². The summed E-state index contributed by atoms with van der Waals surface area (Å²) in [7, 11) is 0. The molecular weight excluding hydrogens is 394 g/mol. The molecule has 1 N–H and O–H groups in total. The van der Waals surface area contributed by atoms with Gasteiger partial charge in [0.05, 0.1) is 17.9 Å². The third-order valence-corrected chi connectivity index (χ3v) is 5.02. The van der Waals surface area contributed by atoms with Crippen molar-refractivity contribution in [3.8, 4) is 5.75 Å². The van der Waals surface area contributed by atoms with Crippen LogP contribution in [0.4, 0.5) is 0 Å². The minimum Gasteiger partial charge on any atom is -0.507 e. The second-order valence-electron chi connectivity index (χ2n) is 7.00. The van der Waals surface area contributed by atoms with Crippen LogP contribution in [0.2, 0.25) is 0 Å². The first kappa shape index (κ1) is 20.3. The molecule has 1 fully saturated rings. The zero-order valence-corrected chi connectivity index (χ0v) is 16.9. The quantitative estimate of drug-likeness (QED) is 0.376. The number of carbonyl (C=O) groups excluding carboxylic acids is 2. The van der Waals surface area contributed by atoms with Gasteiger partial charge in [-0.25, -0.2) is 0 Å². The van der Waals surface area contributed by atoms with Crippen LogP contribution in [0.3, 0.4) is 0 Å². The molecule has 7 nitrogen and oxygen atoms in total. The summed E-state index contributed by atoms with van der Waals surface area (Å²) in [5.41, 5.74) is 1.70. The highest BCUT2D eigenvalue weighted by atomic mass is 16.5. The lowest BCUT2D eigenvalue weighted by Gasteiger charge is -2.24. The molecular formula is C24H21N3O4. The molecule has 1 amide bonds. The molecule has 4 rings (SSSR count). The Morgan fingerprint density at radius 3 is 2.52 bits per heavy atom. The molecule has 1 aromatic carbocycles. The number of amides is 1. The number of nitrogens with zero attached hydrogens (tertiary/aromatic N) is 3. The van der Waals surface area contributed by atoms with Crippen molar-refractivity contribution in [1.29, 1.82) is 0 Å². The van der Waals surface area contributed by atoms with Crippen LogP contribution in [0.1, 0.15) is 29.8 Å². The maximum absolute atomic E-state index is 13.0. The third-order valence-electron chi connectivity index (χ3n) is 5.02. The van der Waals surface area contributed by atoms with Crippen molar-refractivity contribution in [3.05, 3.63) is 95.6 Å². The van der Waals surface area contributed by atoms with Gasteiger partial charge in [0, 0.05) is 30.7 Å². The van der Waals surface area contributed by atoms with Crippen molar-refractivity contribution in [1.82, 2.24) is 14.9 Å². The van der Waals surface area contributed by atoms with E-state index >= 15 is 0 Å². The van der Waals surface area contributed by atoms with E-state index in [2.05, 4.69) is 9.97 Å². The number of carbonyl (C=O) groups is 2. The van der Waals surface area contributed by atoms with Gasteiger partial charge in [-0.15, -0.1) is 0 Å². The lowest BCUT2D eigenvalue weighted by Crippen LogP contribution is -2.29. The zero-order valence-electron chi connectivity index (χ0n) is 16.9. The minimum atomic E-state index is -0.812. The summed E-state index contributed by atoms with van der Waals surface area (Å²) in [5.74, 6) is -1.03. The molecule has 0 saturated carbocycles. The van der Waals surface area contributed by atoms with Crippen molar-refractivity contribution in [2.75, 3.05) is 6.61 Å². The van der Waals surface area contributed by atoms with Crippen LogP contribution < -0.4 is 4.74 Å². The van der Waals surface area contributed by atoms with Crippen molar-refractivity contribution >= 4 is 17.4 Å². The van der Waals surface area contributed by atoms with Gasteiger partial charge in [-0.1, -0.05) is 12.1 Å². The van der Waals surface area contributed by atoms with E-state index in [0.717, 1.165) is 5.56 Å². The number of Topliss-reactive ketones (excluding diaryl/α,β-unsaturated/α-hetero) is 1. The van der Waals surface area contributed by atoms with E-state index in [9.17, 15) is 14.7 Å². The van der Waals surface area contributed by atoms with Crippen molar-refractivity contribution in [2.24, 2.45) is 0 Å². The summed E-state index contributed by atoms with van der Waals surface area (Å²) < 4.78 is 5.44. The largest absolute Gasteiger partial charge is 0.507 e. The molecule has 1 unspecified atom stereocenters. The lowest BCUT2D eigenvalue weighted by molar-refractivity contribution is -0.140. The molecule has 1 saturated heterocycles. The standard InChI is InChI=1S/C24H21N3O4/c1-2-31-18-10-8-17(9-11-18)22(28)20-21(19-7-3-4-13-26-19)27(24(30)23(20)29)15-16-6-5-12-25-14-16/h3-14,21,28H,2,15H2,1H3. The van der Waals surface area contributed by atoms with Gasteiger partial charge in [-0.3, -0.25) is 19.6 Å². The van der Waals surface area contributed by atoms with Crippen LogP contribution in [-0.2, 0) is 16.1 Å². The maximum Gasteiger partial charge on any atom is 0.296 e. The number of aliphatic hydroxyl groups is 1. The Kier molecular flexibility index (Phi) is 5.75. The van der Waals surface area contributed by atoms with Gasteiger partial charge in [-0.2, -0.15) is 0 Å². The van der Waals surface area contributed by atoms with Crippen LogP contribution in [0.15, 0.2) is 78.8 Å². The Balaban J connectivity index is 1.80. The number of aliphatic hydroxyl groups excluding tert-OH is 1.